The van der Waals surface area contributed by atoms with E-state index >= 15 is 0 Å². The van der Waals surface area contributed by atoms with Crippen LogP contribution in [0.5, 0.6) is 0 Å². The lowest BCUT2D eigenvalue weighted by Crippen LogP contribution is -2.00. The van der Waals surface area contributed by atoms with Crippen molar-refractivity contribution < 1.29 is 0 Å². The standard InChI is InChI=1S/C61H39N5.C60H38N6/c1-4-14-41(15-5-1)54-34-32-45-31-33-52-53(38-56(42-16-6-2-7-17-42)64-60(52)59(45)63-54)48-22-10-20-46(36-48)40-27-29-44(30-28-40)58-39-57(43-18-8-3-9-19-43)65-61(66-58)49-23-11-21-47(37-49)50-24-12-26-55-51(50)25-13-35-62-55;1-4-13-41(14-5-1)54-32-30-43-29-31-52-53(37-55(42-15-6-2-7-16-42)63-57(52)56(43)62-54)40-27-25-39(26-28-40)45-19-10-21-47(35-45)59-64-58(44-17-8-3-9-18-44)65-60(66-59)48-22-11-20-46(36-48)50-24-12-23-49-38-61-34-33-51(49)50/h1-39H;1-38H. The summed E-state index contributed by atoms with van der Waals surface area (Å²) < 4.78 is 0. The van der Waals surface area contributed by atoms with Gasteiger partial charge in [-0.3, -0.25) is 9.97 Å². The fourth-order valence-electron chi connectivity index (χ4n) is 17.9. The van der Waals surface area contributed by atoms with Crippen molar-refractivity contribution in [1.82, 2.24) is 54.8 Å². The van der Waals surface area contributed by atoms with E-state index in [1.165, 1.54) is 0 Å². The first-order valence-corrected chi connectivity index (χ1v) is 44.1. The Morgan fingerprint density at radius 1 is 0.144 bits per heavy atom. The van der Waals surface area contributed by atoms with E-state index in [4.69, 9.17) is 44.9 Å². The summed E-state index contributed by atoms with van der Waals surface area (Å²) in [6.45, 7) is 0. The molecule has 0 fully saturated rings. The normalized spacial score (nSPS) is 11.3. The molecule has 0 bridgehead atoms. The van der Waals surface area contributed by atoms with Crippen LogP contribution in [0.15, 0.2) is 468 Å². The summed E-state index contributed by atoms with van der Waals surface area (Å²) in [6.07, 6.45) is 5.58. The highest BCUT2D eigenvalue weighted by Gasteiger charge is 2.22. The Balaban J connectivity index is 0.000000150. The molecule has 16 aromatic carbocycles. The van der Waals surface area contributed by atoms with E-state index in [0.29, 0.717) is 23.3 Å². The lowest BCUT2D eigenvalue weighted by atomic mass is 9.94. The predicted octanol–water partition coefficient (Wildman–Crippen LogP) is 30.3. The van der Waals surface area contributed by atoms with Crippen LogP contribution in [0.1, 0.15) is 0 Å². The zero-order valence-corrected chi connectivity index (χ0v) is 71.4. The molecule has 0 amide bonds. The average molecular weight is 1690 g/mol. The molecule has 0 N–H and O–H groups in total. The van der Waals surface area contributed by atoms with E-state index in [9.17, 15) is 0 Å². The minimum absolute atomic E-state index is 0.604. The van der Waals surface area contributed by atoms with Gasteiger partial charge in [0.25, 0.3) is 0 Å². The minimum atomic E-state index is 0.604. The van der Waals surface area contributed by atoms with Gasteiger partial charge in [0.05, 0.1) is 61.7 Å². The largest absolute Gasteiger partial charge is 0.264 e. The van der Waals surface area contributed by atoms with Gasteiger partial charge in [-0.2, -0.15) is 0 Å². The topological polar surface area (TPSA) is 142 Å². The lowest BCUT2D eigenvalue weighted by Gasteiger charge is -2.14. The molecular formula is C121H77N11. The fraction of sp³-hybridized carbons (Fsp3) is 0. The highest BCUT2D eigenvalue weighted by molar-refractivity contribution is 6.12. The van der Waals surface area contributed by atoms with Crippen LogP contribution < -0.4 is 0 Å². The molecule has 24 aromatic rings. The first-order valence-electron chi connectivity index (χ1n) is 44.1. The second-order valence-corrected chi connectivity index (χ2v) is 32.8. The summed E-state index contributed by atoms with van der Waals surface area (Å²) in [5.41, 5.74) is 33.0. The van der Waals surface area contributed by atoms with Crippen LogP contribution in [0.3, 0.4) is 0 Å². The molecule has 24 rings (SSSR count). The van der Waals surface area contributed by atoms with Crippen LogP contribution in [0.2, 0.25) is 0 Å². The molecule has 0 radical (unpaired) electrons. The average Bonchev–Trinajstić information content (AvgIpc) is 0.749. The van der Waals surface area contributed by atoms with Gasteiger partial charge in [0.15, 0.2) is 23.3 Å². The van der Waals surface area contributed by atoms with Crippen molar-refractivity contribution in [2.75, 3.05) is 0 Å². The summed E-state index contributed by atoms with van der Waals surface area (Å²) in [6, 6.07) is 156. The highest BCUT2D eigenvalue weighted by atomic mass is 15.0. The van der Waals surface area contributed by atoms with Crippen molar-refractivity contribution in [3.63, 3.8) is 0 Å². The number of hydrogen-bond acceptors (Lipinski definition) is 11. The van der Waals surface area contributed by atoms with Crippen molar-refractivity contribution in [3.05, 3.63) is 468 Å². The van der Waals surface area contributed by atoms with Crippen LogP contribution in [0.25, 0.3) is 245 Å². The summed E-state index contributed by atoms with van der Waals surface area (Å²) in [5.74, 6) is 2.50. The van der Waals surface area contributed by atoms with Crippen molar-refractivity contribution >= 4 is 65.3 Å². The van der Waals surface area contributed by atoms with Gasteiger partial charge in [0.2, 0.25) is 0 Å². The second-order valence-electron chi connectivity index (χ2n) is 32.8. The number of aromatic nitrogens is 11. The Morgan fingerprint density at radius 3 is 0.977 bits per heavy atom. The summed E-state index contributed by atoms with van der Waals surface area (Å²) in [4.78, 5) is 55.7. The Hall–Kier alpha value is -17.9. The molecule has 8 aromatic heterocycles. The fourth-order valence-corrected chi connectivity index (χ4v) is 17.9. The van der Waals surface area contributed by atoms with Crippen LogP contribution in [0, 0.1) is 0 Å². The van der Waals surface area contributed by atoms with Crippen LogP contribution >= 0.6 is 0 Å². The summed E-state index contributed by atoms with van der Waals surface area (Å²) >= 11 is 0. The van der Waals surface area contributed by atoms with Crippen LogP contribution in [-0.2, 0) is 0 Å². The molecule has 0 aliphatic carbocycles. The van der Waals surface area contributed by atoms with Crippen molar-refractivity contribution in [2.45, 2.75) is 0 Å². The minimum Gasteiger partial charge on any atom is -0.264 e. The molecule has 8 heterocycles. The highest BCUT2D eigenvalue weighted by Crippen LogP contribution is 2.43. The van der Waals surface area contributed by atoms with E-state index in [1.807, 2.05) is 116 Å². The Kier molecular flexibility index (Phi) is 20.8. The number of nitrogens with zero attached hydrogens (tertiary/aromatic N) is 11. The molecule has 0 spiro atoms. The van der Waals surface area contributed by atoms with Gasteiger partial charge < -0.3 is 0 Å². The van der Waals surface area contributed by atoms with Crippen molar-refractivity contribution in [3.8, 4) is 180 Å². The van der Waals surface area contributed by atoms with Crippen molar-refractivity contribution in [1.29, 1.82) is 0 Å². The third-order valence-corrected chi connectivity index (χ3v) is 24.5. The molecule has 11 heteroatoms. The van der Waals surface area contributed by atoms with E-state index < -0.39 is 0 Å². The van der Waals surface area contributed by atoms with Gasteiger partial charge in [-0.1, -0.05) is 376 Å². The van der Waals surface area contributed by atoms with Gasteiger partial charge in [-0.25, -0.2) is 44.9 Å². The van der Waals surface area contributed by atoms with E-state index in [1.54, 1.807) is 0 Å². The van der Waals surface area contributed by atoms with Crippen LogP contribution in [-0.4, -0.2) is 54.8 Å². The maximum atomic E-state index is 5.32. The van der Waals surface area contributed by atoms with E-state index in [2.05, 4.69) is 362 Å². The summed E-state index contributed by atoms with van der Waals surface area (Å²) in [5, 5.41) is 7.56. The van der Waals surface area contributed by atoms with E-state index in [-0.39, 0.29) is 0 Å². The van der Waals surface area contributed by atoms with E-state index in [0.717, 1.165) is 222 Å². The molecular weight excluding hydrogens is 1610 g/mol. The lowest BCUT2D eigenvalue weighted by molar-refractivity contribution is 1.07. The molecule has 0 aliphatic rings. The Bertz CT molecular complexity index is 8470. The van der Waals surface area contributed by atoms with Crippen molar-refractivity contribution in [2.24, 2.45) is 0 Å². The molecule has 0 saturated heterocycles. The molecule has 0 aliphatic heterocycles. The molecule has 0 atom stereocenters. The molecule has 616 valence electrons. The predicted molar refractivity (Wildman–Crippen MR) is 541 cm³/mol. The number of rotatable bonds is 16. The molecule has 11 nitrogen and oxygen atoms in total. The number of benzene rings is 16. The third-order valence-electron chi connectivity index (χ3n) is 24.5. The number of hydrogen-bond donors (Lipinski definition) is 0. The number of fused-ring (bicyclic) bond motifs is 8. The summed E-state index contributed by atoms with van der Waals surface area (Å²) in [7, 11) is 0. The Morgan fingerprint density at radius 2 is 0.485 bits per heavy atom. The van der Waals surface area contributed by atoms with Gasteiger partial charge in [0, 0.05) is 107 Å². The molecule has 0 unspecified atom stereocenters. The smallest absolute Gasteiger partial charge is 0.164 e. The maximum Gasteiger partial charge on any atom is 0.164 e. The monoisotopic (exact) mass is 1680 g/mol. The molecule has 132 heavy (non-hydrogen) atoms. The van der Waals surface area contributed by atoms with Gasteiger partial charge >= 0.3 is 0 Å². The van der Waals surface area contributed by atoms with Gasteiger partial charge in [0.1, 0.15) is 0 Å². The van der Waals surface area contributed by atoms with Gasteiger partial charge in [-0.15, -0.1) is 0 Å². The third kappa shape index (κ3) is 15.8. The first kappa shape index (κ1) is 78.8. The maximum absolute atomic E-state index is 5.32. The number of pyridine rings is 6. The quantitative estimate of drug-likeness (QED) is 0.0853. The zero-order chi connectivity index (χ0) is 87.6. The van der Waals surface area contributed by atoms with Gasteiger partial charge in [-0.05, 0) is 145 Å². The Labute approximate surface area is 762 Å². The SMILES string of the molecule is c1ccc(-c2cc(-c3ccc(-c4cccc(-c5cc(-c6ccccc6)nc6c5ccc5ccc(-c7ccccc7)nc56)c4)cc3)nc(-c3cccc(-c4cccc5ncccc45)c3)n2)cc1.c1ccc(-c2ccc3ccc4c(-c5ccc(-c6cccc(-c7nc(-c8ccccc8)nc(-c8cccc(-c9cccc%10cnccc9%10)c8)n7)c6)cc5)cc(-c5ccccc5)nc4c3n2)cc1. The first-order chi connectivity index (χ1) is 65.4. The molecule has 0 saturated carbocycles. The zero-order valence-electron chi connectivity index (χ0n) is 71.4. The second kappa shape index (κ2) is 34.8. The van der Waals surface area contributed by atoms with Crippen LogP contribution in [0.4, 0.5) is 0 Å².